The molecule has 0 saturated heterocycles. The molecule has 1 nitrogen and oxygen atoms in total. The molecule has 3 rings (SSSR count). The molecule has 2 aromatic carbocycles. The summed E-state index contributed by atoms with van der Waals surface area (Å²) in [6, 6.07) is 11.0. The second-order valence-corrected chi connectivity index (χ2v) is 5.93. The number of hydrogen-bond acceptors (Lipinski definition) is 1. The van der Waals surface area contributed by atoms with Crippen molar-refractivity contribution in [2.45, 2.75) is 25.3 Å². The fraction of sp³-hybridized carbons (Fsp3) is 0.250. The van der Waals surface area contributed by atoms with Crippen LogP contribution < -0.4 is 5.32 Å². The summed E-state index contributed by atoms with van der Waals surface area (Å²) in [5.41, 5.74) is 3.14. The van der Waals surface area contributed by atoms with Crippen LogP contribution in [0.25, 0.3) is 0 Å². The SMILES string of the molecule is Fc1cc(Cl)c(NCc2cccc(C3CC3)c2)c(Cl)c1. The molecular formula is C16H14Cl2FN. The highest BCUT2D eigenvalue weighted by Gasteiger charge is 2.23. The van der Waals surface area contributed by atoms with Crippen molar-refractivity contribution >= 4 is 28.9 Å². The van der Waals surface area contributed by atoms with E-state index in [1.165, 1.54) is 36.1 Å². The third-order valence-electron chi connectivity index (χ3n) is 3.48. The van der Waals surface area contributed by atoms with Crippen molar-refractivity contribution in [2.24, 2.45) is 0 Å². The van der Waals surface area contributed by atoms with Crippen molar-refractivity contribution in [2.75, 3.05) is 5.32 Å². The third kappa shape index (κ3) is 3.08. The van der Waals surface area contributed by atoms with Crippen LogP contribution in [0.2, 0.25) is 10.0 Å². The first-order valence-corrected chi connectivity index (χ1v) is 7.36. The van der Waals surface area contributed by atoms with Crippen LogP contribution in [-0.2, 0) is 6.54 Å². The molecular weight excluding hydrogens is 296 g/mol. The molecule has 4 heteroatoms. The Bertz CT molecular complexity index is 615. The number of rotatable bonds is 4. The number of hydrogen-bond donors (Lipinski definition) is 1. The highest BCUT2D eigenvalue weighted by molar-refractivity contribution is 6.39. The average Bonchev–Trinajstić information content (AvgIpc) is 3.22. The maximum atomic E-state index is 13.1. The van der Waals surface area contributed by atoms with E-state index in [9.17, 15) is 4.39 Å². The first-order chi connectivity index (χ1) is 9.63. The summed E-state index contributed by atoms with van der Waals surface area (Å²) < 4.78 is 13.1. The third-order valence-corrected chi connectivity index (χ3v) is 4.07. The van der Waals surface area contributed by atoms with E-state index in [0.717, 1.165) is 5.92 Å². The van der Waals surface area contributed by atoms with Crippen LogP contribution in [0.3, 0.4) is 0 Å². The molecule has 1 aliphatic rings. The van der Waals surface area contributed by atoms with Gasteiger partial charge in [0.15, 0.2) is 0 Å². The highest BCUT2D eigenvalue weighted by atomic mass is 35.5. The summed E-state index contributed by atoms with van der Waals surface area (Å²) in [6.45, 7) is 0.617. The van der Waals surface area contributed by atoms with Gasteiger partial charge in [-0.3, -0.25) is 0 Å². The molecule has 0 aliphatic heterocycles. The second-order valence-electron chi connectivity index (χ2n) is 5.12. The predicted molar refractivity (Wildman–Crippen MR) is 82.2 cm³/mol. The minimum atomic E-state index is -0.429. The lowest BCUT2D eigenvalue weighted by Crippen LogP contribution is -2.01. The Labute approximate surface area is 127 Å². The molecule has 1 fully saturated rings. The molecule has 0 radical (unpaired) electrons. The van der Waals surface area contributed by atoms with Gasteiger partial charge in [0.25, 0.3) is 0 Å². The van der Waals surface area contributed by atoms with Gasteiger partial charge in [-0.15, -0.1) is 0 Å². The smallest absolute Gasteiger partial charge is 0.126 e. The first-order valence-electron chi connectivity index (χ1n) is 6.61. The normalized spacial score (nSPS) is 14.3. The number of anilines is 1. The van der Waals surface area contributed by atoms with Crippen molar-refractivity contribution < 1.29 is 4.39 Å². The molecule has 1 aliphatic carbocycles. The Hall–Kier alpha value is -1.25. The zero-order valence-electron chi connectivity index (χ0n) is 10.8. The molecule has 0 unspecified atom stereocenters. The van der Waals surface area contributed by atoms with E-state index in [4.69, 9.17) is 23.2 Å². The van der Waals surface area contributed by atoms with Crippen LogP contribution in [0.4, 0.5) is 10.1 Å². The Morgan fingerprint density at radius 1 is 1.10 bits per heavy atom. The molecule has 0 bridgehead atoms. The summed E-state index contributed by atoms with van der Waals surface area (Å²) >= 11 is 12.0. The van der Waals surface area contributed by atoms with Crippen molar-refractivity contribution in [3.05, 3.63) is 63.4 Å². The molecule has 0 amide bonds. The number of nitrogens with one attached hydrogen (secondary N) is 1. The van der Waals surface area contributed by atoms with E-state index in [1.807, 2.05) is 0 Å². The lowest BCUT2D eigenvalue weighted by atomic mass is 10.1. The highest BCUT2D eigenvalue weighted by Crippen LogP contribution is 2.40. The molecule has 0 atom stereocenters. The minimum absolute atomic E-state index is 0.299. The molecule has 0 aromatic heterocycles. The maximum absolute atomic E-state index is 13.1. The quantitative estimate of drug-likeness (QED) is 0.772. The maximum Gasteiger partial charge on any atom is 0.126 e. The summed E-state index contributed by atoms with van der Waals surface area (Å²) in [6.07, 6.45) is 2.57. The molecule has 0 heterocycles. The first kappa shape index (κ1) is 13.7. The van der Waals surface area contributed by atoms with Crippen LogP contribution in [-0.4, -0.2) is 0 Å². The summed E-state index contributed by atoms with van der Waals surface area (Å²) in [5.74, 6) is 0.300. The van der Waals surface area contributed by atoms with Crippen molar-refractivity contribution in [1.82, 2.24) is 0 Å². The Morgan fingerprint density at radius 3 is 2.45 bits per heavy atom. The summed E-state index contributed by atoms with van der Waals surface area (Å²) in [7, 11) is 0. The van der Waals surface area contributed by atoms with Crippen LogP contribution in [0.1, 0.15) is 29.9 Å². The molecule has 0 spiro atoms. The lowest BCUT2D eigenvalue weighted by molar-refractivity contribution is 0.628. The van der Waals surface area contributed by atoms with Gasteiger partial charge in [0.2, 0.25) is 0 Å². The van der Waals surface area contributed by atoms with Gasteiger partial charge >= 0.3 is 0 Å². The number of halogens is 3. The Morgan fingerprint density at radius 2 is 1.80 bits per heavy atom. The lowest BCUT2D eigenvalue weighted by Gasteiger charge is -2.11. The molecule has 2 aromatic rings. The van der Waals surface area contributed by atoms with Crippen LogP contribution in [0, 0.1) is 5.82 Å². The molecule has 20 heavy (non-hydrogen) atoms. The van der Waals surface area contributed by atoms with Crippen molar-refractivity contribution in [1.29, 1.82) is 0 Å². The van der Waals surface area contributed by atoms with Gasteiger partial charge in [0.1, 0.15) is 5.82 Å². The van der Waals surface area contributed by atoms with Crippen LogP contribution in [0.5, 0.6) is 0 Å². The van der Waals surface area contributed by atoms with E-state index < -0.39 is 5.82 Å². The topological polar surface area (TPSA) is 12.0 Å². The van der Waals surface area contributed by atoms with Gasteiger partial charge in [0, 0.05) is 6.54 Å². The van der Waals surface area contributed by atoms with Gasteiger partial charge < -0.3 is 5.32 Å². The van der Waals surface area contributed by atoms with Gasteiger partial charge in [0.05, 0.1) is 15.7 Å². The molecule has 1 N–H and O–H groups in total. The summed E-state index contributed by atoms with van der Waals surface area (Å²) in [4.78, 5) is 0. The average molecular weight is 310 g/mol. The van der Waals surface area contributed by atoms with Gasteiger partial charge in [-0.05, 0) is 42.0 Å². The van der Waals surface area contributed by atoms with E-state index in [1.54, 1.807) is 0 Å². The fourth-order valence-electron chi connectivity index (χ4n) is 2.28. The van der Waals surface area contributed by atoms with Crippen molar-refractivity contribution in [3.8, 4) is 0 Å². The van der Waals surface area contributed by atoms with E-state index in [0.29, 0.717) is 22.3 Å². The van der Waals surface area contributed by atoms with E-state index in [-0.39, 0.29) is 0 Å². The number of benzene rings is 2. The van der Waals surface area contributed by atoms with Gasteiger partial charge in [-0.1, -0.05) is 47.5 Å². The zero-order valence-corrected chi connectivity index (χ0v) is 12.3. The fourth-order valence-corrected chi connectivity index (χ4v) is 2.87. The minimum Gasteiger partial charge on any atom is -0.379 e. The van der Waals surface area contributed by atoms with Gasteiger partial charge in [-0.2, -0.15) is 0 Å². The second kappa shape index (κ2) is 5.63. The predicted octanol–water partition coefficient (Wildman–Crippen LogP) is 5.62. The molecule has 104 valence electrons. The van der Waals surface area contributed by atoms with Crippen molar-refractivity contribution in [3.63, 3.8) is 0 Å². The van der Waals surface area contributed by atoms with Gasteiger partial charge in [-0.25, -0.2) is 4.39 Å². The molecule has 1 saturated carbocycles. The van der Waals surface area contributed by atoms with E-state index >= 15 is 0 Å². The standard InChI is InChI=1S/C16H14Cl2FN/c17-14-7-13(19)8-15(18)16(14)20-9-10-2-1-3-12(6-10)11-4-5-11/h1-3,6-8,11,20H,4-5,9H2. The van der Waals surface area contributed by atoms with Crippen LogP contribution >= 0.6 is 23.2 Å². The summed E-state index contributed by atoms with van der Waals surface area (Å²) in [5, 5.41) is 3.78. The Balaban J connectivity index is 1.74. The van der Waals surface area contributed by atoms with E-state index in [2.05, 4.69) is 29.6 Å². The largest absolute Gasteiger partial charge is 0.379 e. The monoisotopic (exact) mass is 309 g/mol. The zero-order chi connectivity index (χ0) is 14.1. The Kier molecular flexibility index (Phi) is 3.86. The van der Waals surface area contributed by atoms with Crippen LogP contribution in [0.15, 0.2) is 36.4 Å².